The molecule has 21 heavy (non-hydrogen) atoms. The van der Waals surface area contributed by atoms with Gasteiger partial charge in [-0.2, -0.15) is 0 Å². The Morgan fingerprint density at radius 1 is 1.29 bits per heavy atom. The van der Waals surface area contributed by atoms with E-state index in [-0.39, 0.29) is 11.7 Å². The van der Waals surface area contributed by atoms with Crippen molar-refractivity contribution >= 4 is 28.7 Å². The molecule has 0 saturated carbocycles. The summed E-state index contributed by atoms with van der Waals surface area (Å²) < 4.78 is 0. The van der Waals surface area contributed by atoms with E-state index < -0.39 is 0 Å². The van der Waals surface area contributed by atoms with Crippen molar-refractivity contribution in [1.29, 1.82) is 0 Å². The largest absolute Gasteiger partial charge is 0.312 e. The van der Waals surface area contributed by atoms with Crippen LogP contribution in [0.25, 0.3) is 0 Å². The fraction of sp³-hybridized carbons (Fsp3) is 0.294. The lowest BCUT2D eigenvalue weighted by Crippen LogP contribution is -2.36. The summed E-state index contributed by atoms with van der Waals surface area (Å²) >= 11 is 1.61. The van der Waals surface area contributed by atoms with Crippen molar-refractivity contribution in [3.05, 3.63) is 51.7 Å². The van der Waals surface area contributed by atoms with Crippen LogP contribution in [0.1, 0.15) is 34.1 Å². The third-order valence-corrected chi connectivity index (χ3v) is 4.69. The average Bonchev–Trinajstić information content (AvgIpc) is 2.98. The first kappa shape index (κ1) is 14.0. The third-order valence-electron chi connectivity index (χ3n) is 3.81. The van der Waals surface area contributed by atoms with E-state index in [2.05, 4.69) is 0 Å². The standard InChI is InChI=1S/C17H17NO2S/c1-12(19)13-6-7-16-14(10-13)4-2-8-18(16)17(20)11-15-5-3-9-21-15/h3,5-7,9-10H,2,4,8,11H2,1H3. The van der Waals surface area contributed by atoms with Gasteiger partial charge >= 0.3 is 0 Å². The van der Waals surface area contributed by atoms with Crippen molar-refractivity contribution in [1.82, 2.24) is 0 Å². The number of Topliss-reactive ketones (excluding diaryl/α,β-unsaturated/α-hetero) is 1. The summed E-state index contributed by atoms with van der Waals surface area (Å²) in [5.74, 6) is 0.203. The van der Waals surface area contributed by atoms with Crippen LogP contribution in [0.2, 0.25) is 0 Å². The highest BCUT2D eigenvalue weighted by Crippen LogP contribution is 2.29. The number of fused-ring (bicyclic) bond motifs is 1. The lowest BCUT2D eigenvalue weighted by Gasteiger charge is -2.29. The first-order chi connectivity index (χ1) is 10.1. The number of carbonyl (C=O) groups is 2. The van der Waals surface area contributed by atoms with Gasteiger partial charge in [-0.3, -0.25) is 9.59 Å². The molecule has 2 aromatic rings. The summed E-state index contributed by atoms with van der Waals surface area (Å²) in [6.45, 7) is 2.33. The van der Waals surface area contributed by atoms with Gasteiger partial charge in [0.15, 0.2) is 5.78 Å². The molecule has 1 amide bonds. The van der Waals surface area contributed by atoms with Crippen molar-refractivity contribution in [2.45, 2.75) is 26.2 Å². The number of rotatable bonds is 3. The molecule has 4 heteroatoms. The Balaban J connectivity index is 1.86. The van der Waals surface area contributed by atoms with Gasteiger partial charge in [0.05, 0.1) is 6.42 Å². The highest BCUT2D eigenvalue weighted by atomic mass is 32.1. The molecule has 0 bridgehead atoms. The Kier molecular flexibility index (Phi) is 3.88. The minimum absolute atomic E-state index is 0.0693. The predicted molar refractivity (Wildman–Crippen MR) is 85.1 cm³/mol. The van der Waals surface area contributed by atoms with Gasteiger partial charge in [-0.1, -0.05) is 6.07 Å². The van der Waals surface area contributed by atoms with Crippen molar-refractivity contribution in [3.63, 3.8) is 0 Å². The van der Waals surface area contributed by atoms with Gasteiger partial charge in [0, 0.05) is 22.7 Å². The monoisotopic (exact) mass is 299 g/mol. The Morgan fingerprint density at radius 3 is 2.86 bits per heavy atom. The number of nitrogens with zero attached hydrogens (tertiary/aromatic N) is 1. The molecule has 0 atom stereocenters. The van der Waals surface area contributed by atoms with Crippen LogP contribution in [0.15, 0.2) is 35.7 Å². The normalized spacial score (nSPS) is 13.9. The second-order valence-electron chi connectivity index (χ2n) is 5.30. The topological polar surface area (TPSA) is 37.4 Å². The van der Waals surface area contributed by atoms with E-state index >= 15 is 0 Å². The van der Waals surface area contributed by atoms with Crippen LogP contribution < -0.4 is 4.90 Å². The van der Waals surface area contributed by atoms with Gasteiger partial charge in [-0.05, 0) is 55.0 Å². The van der Waals surface area contributed by atoms with Gasteiger partial charge < -0.3 is 4.90 Å². The molecule has 0 saturated heterocycles. The number of amides is 1. The Morgan fingerprint density at radius 2 is 2.14 bits per heavy atom. The van der Waals surface area contributed by atoms with E-state index in [0.717, 1.165) is 41.1 Å². The van der Waals surface area contributed by atoms with Gasteiger partial charge in [-0.25, -0.2) is 0 Å². The molecule has 0 fully saturated rings. The van der Waals surface area contributed by atoms with Crippen LogP contribution in [0.3, 0.4) is 0 Å². The molecule has 0 radical (unpaired) electrons. The van der Waals surface area contributed by atoms with E-state index in [1.165, 1.54) is 0 Å². The molecule has 1 aliphatic rings. The maximum absolute atomic E-state index is 12.5. The lowest BCUT2D eigenvalue weighted by atomic mass is 9.97. The number of ketones is 1. The van der Waals surface area contributed by atoms with Crippen molar-refractivity contribution in [2.75, 3.05) is 11.4 Å². The van der Waals surface area contributed by atoms with Gasteiger partial charge in [0.2, 0.25) is 5.91 Å². The first-order valence-corrected chi connectivity index (χ1v) is 8.00. The smallest absolute Gasteiger partial charge is 0.232 e. The number of benzene rings is 1. The van der Waals surface area contributed by atoms with Crippen LogP contribution in [-0.2, 0) is 17.6 Å². The van der Waals surface area contributed by atoms with Crippen molar-refractivity contribution in [3.8, 4) is 0 Å². The number of carbonyl (C=O) groups excluding carboxylic acids is 2. The fourth-order valence-corrected chi connectivity index (χ4v) is 3.43. The van der Waals surface area contributed by atoms with E-state index in [1.54, 1.807) is 18.3 Å². The highest BCUT2D eigenvalue weighted by molar-refractivity contribution is 7.10. The molecule has 1 aromatic carbocycles. The fourth-order valence-electron chi connectivity index (χ4n) is 2.73. The number of thiophene rings is 1. The van der Waals surface area contributed by atoms with Crippen LogP contribution in [0, 0.1) is 0 Å². The van der Waals surface area contributed by atoms with Crippen LogP contribution in [0.4, 0.5) is 5.69 Å². The molecule has 0 spiro atoms. The molecular weight excluding hydrogens is 282 g/mol. The maximum Gasteiger partial charge on any atom is 0.232 e. The molecule has 108 valence electrons. The summed E-state index contributed by atoms with van der Waals surface area (Å²) in [7, 11) is 0. The molecule has 3 nitrogen and oxygen atoms in total. The molecule has 0 unspecified atom stereocenters. The minimum atomic E-state index is 0.0693. The van der Waals surface area contributed by atoms with Gasteiger partial charge in [0.25, 0.3) is 0 Å². The van der Waals surface area contributed by atoms with E-state index in [0.29, 0.717) is 6.42 Å². The zero-order valence-electron chi connectivity index (χ0n) is 12.0. The second kappa shape index (κ2) is 5.82. The molecule has 3 rings (SSSR count). The maximum atomic E-state index is 12.5. The average molecular weight is 299 g/mol. The summed E-state index contributed by atoms with van der Waals surface area (Å²) in [5.41, 5.74) is 2.79. The quantitative estimate of drug-likeness (QED) is 0.814. The van der Waals surface area contributed by atoms with Crippen LogP contribution in [-0.4, -0.2) is 18.2 Å². The van der Waals surface area contributed by atoms with E-state index in [1.807, 2.05) is 40.6 Å². The van der Waals surface area contributed by atoms with Gasteiger partial charge in [-0.15, -0.1) is 11.3 Å². The van der Waals surface area contributed by atoms with E-state index in [4.69, 9.17) is 0 Å². The Labute approximate surface area is 128 Å². The number of hydrogen-bond donors (Lipinski definition) is 0. The minimum Gasteiger partial charge on any atom is -0.312 e. The lowest BCUT2D eigenvalue weighted by molar-refractivity contribution is -0.118. The molecule has 1 aliphatic heterocycles. The third kappa shape index (κ3) is 2.90. The second-order valence-corrected chi connectivity index (χ2v) is 6.34. The van der Waals surface area contributed by atoms with Gasteiger partial charge in [0.1, 0.15) is 0 Å². The highest BCUT2D eigenvalue weighted by Gasteiger charge is 2.23. The summed E-state index contributed by atoms with van der Waals surface area (Å²) in [6.07, 6.45) is 2.33. The number of aryl methyl sites for hydroxylation is 1. The zero-order valence-corrected chi connectivity index (χ0v) is 12.8. The summed E-state index contributed by atoms with van der Waals surface area (Å²) in [4.78, 5) is 26.9. The van der Waals surface area contributed by atoms with Crippen molar-refractivity contribution in [2.24, 2.45) is 0 Å². The molecular formula is C17H17NO2S. The summed E-state index contributed by atoms with van der Waals surface area (Å²) in [6, 6.07) is 9.63. The van der Waals surface area contributed by atoms with E-state index in [9.17, 15) is 9.59 Å². The molecule has 0 aliphatic carbocycles. The SMILES string of the molecule is CC(=O)c1ccc2c(c1)CCCN2C(=O)Cc1cccs1. The number of hydrogen-bond acceptors (Lipinski definition) is 3. The molecule has 0 N–H and O–H groups in total. The summed E-state index contributed by atoms with van der Waals surface area (Å²) in [5, 5.41) is 1.99. The molecule has 2 heterocycles. The Hall–Kier alpha value is -1.94. The zero-order chi connectivity index (χ0) is 14.8. The molecule has 1 aromatic heterocycles. The van der Waals surface area contributed by atoms with Crippen LogP contribution in [0.5, 0.6) is 0 Å². The number of anilines is 1. The Bertz CT molecular complexity index is 676. The first-order valence-electron chi connectivity index (χ1n) is 7.12. The van der Waals surface area contributed by atoms with Crippen LogP contribution >= 0.6 is 11.3 Å². The van der Waals surface area contributed by atoms with Crippen molar-refractivity contribution < 1.29 is 9.59 Å². The predicted octanol–water partition coefficient (Wildman–Crippen LogP) is 3.47.